The maximum atomic E-state index is 12.9. The van der Waals surface area contributed by atoms with Gasteiger partial charge in [0.15, 0.2) is 0 Å². The van der Waals surface area contributed by atoms with Crippen molar-refractivity contribution < 1.29 is 18.7 Å². The zero-order valence-corrected chi connectivity index (χ0v) is 15.4. The van der Waals surface area contributed by atoms with Crippen LogP contribution in [0.4, 0.5) is 10.1 Å². The van der Waals surface area contributed by atoms with E-state index in [0.29, 0.717) is 19.0 Å². The van der Waals surface area contributed by atoms with Gasteiger partial charge in [-0.1, -0.05) is 32.1 Å². The van der Waals surface area contributed by atoms with Crippen LogP contribution in [0.15, 0.2) is 24.3 Å². The van der Waals surface area contributed by atoms with E-state index in [1.165, 1.54) is 38.5 Å². The van der Waals surface area contributed by atoms with Crippen LogP contribution in [0.5, 0.6) is 0 Å². The SMILES string of the molecule is COC(=O)C[C@@H](CC1CCCCC1)C(=O)NCCNc1ccc(F)cc1. The number of carbonyl (C=O) groups excluding carboxylic acids is 2. The van der Waals surface area contributed by atoms with Gasteiger partial charge in [-0.3, -0.25) is 9.59 Å². The molecule has 1 atom stereocenters. The number of carbonyl (C=O) groups is 2. The number of benzene rings is 1. The van der Waals surface area contributed by atoms with Crippen molar-refractivity contribution in [2.24, 2.45) is 11.8 Å². The fourth-order valence-electron chi connectivity index (χ4n) is 3.50. The number of methoxy groups -OCH3 is 1. The second-order valence-corrected chi connectivity index (χ2v) is 6.94. The Kier molecular flexibility index (Phi) is 8.38. The lowest BCUT2D eigenvalue weighted by Crippen LogP contribution is -2.36. The summed E-state index contributed by atoms with van der Waals surface area (Å²) in [7, 11) is 1.35. The van der Waals surface area contributed by atoms with E-state index in [2.05, 4.69) is 10.6 Å². The first-order chi connectivity index (χ1) is 12.6. The molecule has 1 aromatic carbocycles. The van der Waals surface area contributed by atoms with Gasteiger partial charge in [0.1, 0.15) is 5.82 Å². The standard InChI is InChI=1S/C20H29FN2O3/c1-26-19(24)14-16(13-15-5-3-2-4-6-15)20(25)23-12-11-22-18-9-7-17(21)8-10-18/h7-10,15-16,22H,2-6,11-14H2,1H3,(H,23,25)/t16-/m1/s1. The molecule has 0 spiro atoms. The maximum Gasteiger partial charge on any atom is 0.306 e. The maximum absolute atomic E-state index is 12.9. The van der Waals surface area contributed by atoms with Gasteiger partial charge in [-0.05, 0) is 36.6 Å². The fraction of sp³-hybridized carbons (Fsp3) is 0.600. The molecule has 144 valence electrons. The Bertz CT molecular complexity index is 571. The summed E-state index contributed by atoms with van der Waals surface area (Å²) >= 11 is 0. The Morgan fingerprint density at radius 1 is 1.15 bits per heavy atom. The number of esters is 1. The molecule has 1 aliphatic rings. The third-order valence-corrected chi connectivity index (χ3v) is 4.95. The number of nitrogens with one attached hydrogen (secondary N) is 2. The van der Waals surface area contributed by atoms with Crippen LogP contribution < -0.4 is 10.6 Å². The second-order valence-electron chi connectivity index (χ2n) is 6.94. The van der Waals surface area contributed by atoms with Gasteiger partial charge in [0.25, 0.3) is 0 Å². The van der Waals surface area contributed by atoms with Crippen molar-refractivity contribution in [1.29, 1.82) is 0 Å². The third-order valence-electron chi connectivity index (χ3n) is 4.95. The van der Waals surface area contributed by atoms with Crippen molar-refractivity contribution in [3.05, 3.63) is 30.1 Å². The molecule has 0 aromatic heterocycles. The van der Waals surface area contributed by atoms with E-state index in [0.717, 1.165) is 24.9 Å². The Hall–Kier alpha value is -2.11. The van der Waals surface area contributed by atoms with Crippen molar-refractivity contribution in [3.63, 3.8) is 0 Å². The van der Waals surface area contributed by atoms with Crippen LogP contribution >= 0.6 is 0 Å². The van der Waals surface area contributed by atoms with E-state index in [1.54, 1.807) is 12.1 Å². The average molecular weight is 364 g/mol. The van der Waals surface area contributed by atoms with E-state index in [9.17, 15) is 14.0 Å². The van der Waals surface area contributed by atoms with Crippen molar-refractivity contribution in [3.8, 4) is 0 Å². The van der Waals surface area contributed by atoms with Crippen molar-refractivity contribution in [2.75, 3.05) is 25.5 Å². The largest absolute Gasteiger partial charge is 0.469 e. The van der Waals surface area contributed by atoms with E-state index in [1.807, 2.05) is 0 Å². The number of amides is 1. The first kappa shape index (κ1) is 20.2. The highest BCUT2D eigenvalue weighted by Gasteiger charge is 2.26. The molecule has 0 unspecified atom stereocenters. The number of hydrogen-bond acceptors (Lipinski definition) is 4. The van der Waals surface area contributed by atoms with Gasteiger partial charge < -0.3 is 15.4 Å². The van der Waals surface area contributed by atoms with Crippen LogP contribution in [-0.2, 0) is 14.3 Å². The summed E-state index contributed by atoms with van der Waals surface area (Å²) in [5.41, 5.74) is 0.800. The number of halogens is 1. The van der Waals surface area contributed by atoms with Gasteiger partial charge in [-0.15, -0.1) is 0 Å². The lowest BCUT2D eigenvalue weighted by Gasteiger charge is -2.25. The average Bonchev–Trinajstić information content (AvgIpc) is 2.66. The molecule has 0 saturated heterocycles. The van der Waals surface area contributed by atoms with Gasteiger partial charge in [0.05, 0.1) is 13.5 Å². The quantitative estimate of drug-likeness (QED) is 0.520. The summed E-state index contributed by atoms with van der Waals surface area (Å²) in [6.45, 7) is 0.976. The number of hydrogen-bond donors (Lipinski definition) is 2. The Labute approximate surface area is 154 Å². The van der Waals surface area contributed by atoms with Crippen LogP contribution in [0, 0.1) is 17.7 Å². The summed E-state index contributed by atoms with van der Waals surface area (Å²) in [6.07, 6.45) is 6.82. The third kappa shape index (κ3) is 7.02. The molecule has 0 heterocycles. The molecule has 0 radical (unpaired) electrons. The molecule has 0 aliphatic heterocycles. The minimum atomic E-state index is -0.342. The van der Waals surface area contributed by atoms with Crippen molar-refractivity contribution >= 4 is 17.6 Å². The molecular weight excluding hydrogens is 335 g/mol. The molecule has 0 bridgehead atoms. The van der Waals surface area contributed by atoms with Gasteiger partial charge in [0.2, 0.25) is 5.91 Å². The predicted octanol–water partition coefficient (Wildman–Crippen LogP) is 3.50. The molecule has 26 heavy (non-hydrogen) atoms. The Morgan fingerprint density at radius 3 is 2.50 bits per heavy atom. The Morgan fingerprint density at radius 2 is 1.85 bits per heavy atom. The molecule has 6 heteroatoms. The summed E-state index contributed by atoms with van der Waals surface area (Å²) in [5, 5.41) is 6.03. The van der Waals surface area contributed by atoms with Crippen LogP contribution in [0.2, 0.25) is 0 Å². The monoisotopic (exact) mass is 364 g/mol. The lowest BCUT2D eigenvalue weighted by atomic mass is 9.81. The first-order valence-electron chi connectivity index (χ1n) is 9.42. The molecule has 1 aromatic rings. The molecule has 5 nitrogen and oxygen atoms in total. The van der Waals surface area contributed by atoms with Crippen LogP contribution in [-0.4, -0.2) is 32.1 Å². The van der Waals surface area contributed by atoms with E-state index < -0.39 is 0 Å². The molecule has 1 saturated carbocycles. The van der Waals surface area contributed by atoms with Gasteiger partial charge in [0, 0.05) is 24.7 Å². The zero-order chi connectivity index (χ0) is 18.8. The summed E-state index contributed by atoms with van der Waals surface area (Å²) in [5.74, 6) is -0.539. The summed E-state index contributed by atoms with van der Waals surface area (Å²) in [6, 6.07) is 6.08. The number of ether oxygens (including phenoxy) is 1. The highest BCUT2D eigenvalue weighted by Crippen LogP contribution is 2.30. The van der Waals surface area contributed by atoms with Gasteiger partial charge in [-0.25, -0.2) is 4.39 Å². The molecule has 1 amide bonds. The fourth-order valence-corrected chi connectivity index (χ4v) is 3.50. The highest BCUT2D eigenvalue weighted by atomic mass is 19.1. The molecule has 2 N–H and O–H groups in total. The molecular formula is C20H29FN2O3. The molecule has 1 fully saturated rings. The van der Waals surface area contributed by atoms with Crippen molar-refractivity contribution in [2.45, 2.75) is 44.9 Å². The van der Waals surface area contributed by atoms with E-state index in [-0.39, 0.29) is 30.0 Å². The first-order valence-corrected chi connectivity index (χ1v) is 9.42. The molecule has 2 rings (SSSR count). The number of rotatable bonds is 9. The van der Waals surface area contributed by atoms with Crippen LogP contribution in [0.1, 0.15) is 44.9 Å². The van der Waals surface area contributed by atoms with Crippen molar-refractivity contribution in [1.82, 2.24) is 5.32 Å². The minimum Gasteiger partial charge on any atom is -0.469 e. The minimum absolute atomic E-state index is 0.0955. The van der Waals surface area contributed by atoms with Crippen LogP contribution in [0.25, 0.3) is 0 Å². The highest BCUT2D eigenvalue weighted by molar-refractivity contribution is 5.83. The topological polar surface area (TPSA) is 67.4 Å². The molecule has 1 aliphatic carbocycles. The second kappa shape index (κ2) is 10.8. The van der Waals surface area contributed by atoms with E-state index in [4.69, 9.17) is 4.74 Å². The zero-order valence-electron chi connectivity index (χ0n) is 15.4. The Balaban J connectivity index is 1.78. The van der Waals surface area contributed by atoms with Gasteiger partial charge in [-0.2, -0.15) is 0 Å². The number of anilines is 1. The van der Waals surface area contributed by atoms with E-state index >= 15 is 0 Å². The summed E-state index contributed by atoms with van der Waals surface area (Å²) in [4.78, 5) is 24.2. The van der Waals surface area contributed by atoms with Gasteiger partial charge >= 0.3 is 5.97 Å². The van der Waals surface area contributed by atoms with Crippen LogP contribution in [0.3, 0.4) is 0 Å². The lowest BCUT2D eigenvalue weighted by molar-refractivity contribution is -0.144. The predicted molar refractivity (Wildman–Crippen MR) is 99.2 cm³/mol. The normalized spacial score (nSPS) is 15.9. The smallest absolute Gasteiger partial charge is 0.306 e. The summed E-state index contributed by atoms with van der Waals surface area (Å²) < 4.78 is 17.6.